The van der Waals surface area contributed by atoms with Gasteiger partial charge in [0.2, 0.25) is 10.0 Å². The summed E-state index contributed by atoms with van der Waals surface area (Å²) in [7, 11) is -3.75. The molecule has 1 aliphatic carbocycles. The fourth-order valence-electron chi connectivity index (χ4n) is 4.91. The minimum atomic E-state index is -4.41. The lowest BCUT2D eigenvalue weighted by atomic mass is 9.73. The fraction of sp³-hybridized carbons (Fsp3) is 0.478. The van der Waals surface area contributed by atoms with E-state index in [9.17, 15) is 21.6 Å². The lowest BCUT2D eigenvalue weighted by Gasteiger charge is -2.45. The van der Waals surface area contributed by atoms with Gasteiger partial charge in [-0.25, -0.2) is 8.42 Å². The Morgan fingerprint density at radius 1 is 0.900 bits per heavy atom. The minimum absolute atomic E-state index is 0.235. The molecule has 1 saturated carbocycles. The number of alkyl halides is 3. The van der Waals surface area contributed by atoms with E-state index in [4.69, 9.17) is 0 Å². The Morgan fingerprint density at radius 3 is 2.10 bits per heavy atom. The van der Waals surface area contributed by atoms with Crippen molar-refractivity contribution in [2.45, 2.75) is 56.1 Å². The molecule has 0 unspecified atom stereocenters. The van der Waals surface area contributed by atoms with Crippen LogP contribution in [0.15, 0.2) is 53.4 Å². The molecule has 0 amide bonds. The van der Waals surface area contributed by atoms with E-state index in [0.717, 1.165) is 43.4 Å². The molecule has 0 N–H and O–H groups in total. The zero-order valence-electron chi connectivity index (χ0n) is 16.9. The molecule has 30 heavy (non-hydrogen) atoms. The van der Waals surface area contributed by atoms with Crippen molar-refractivity contribution in [3.8, 4) is 0 Å². The first-order valence-electron chi connectivity index (χ1n) is 10.4. The molecule has 7 heteroatoms. The second-order valence-electron chi connectivity index (χ2n) is 8.56. The third-order valence-electron chi connectivity index (χ3n) is 6.60. The number of aryl methyl sites for hydroxylation is 1. The Kier molecular flexibility index (Phi) is 5.70. The van der Waals surface area contributed by atoms with Gasteiger partial charge in [-0.1, -0.05) is 49.1 Å². The van der Waals surface area contributed by atoms with Crippen LogP contribution in [0.2, 0.25) is 0 Å². The molecule has 1 saturated heterocycles. The maximum absolute atomic E-state index is 13.5. The predicted molar refractivity (Wildman–Crippen MR) is 109 cm³/mol. The van der Waals surface area contributed by atoms with Crippen LogP contribution in [0.1, 0.15) is 54.8 Å². The van der Waals surface area contributed by atoms with E-state index < -0.39 is 27.8 Å². The van der Waals surface area contributed by atoms with Gasteiger partial charge < -0.3 is 0 Å². The van der Waals surface area contributed by atoms with Crippen molar-refractivity contribution in [1.82, 2.24) is 4.31 Å². The Balaban J connectivity index is 1.72. The van der Waals surface area contributed by atoms with E-state index in [1.54, 1.807) is 24.3 Å². The van der Waals surface area contributed by atoms with Crippen molar-refractivity contribution in [3.63, 3.8) is 0 Å². The predicted octanol–water partition coefficient (Wildman–Crippen LogP) is 5.96. The highest BCUT2D eigenvalue weighted by Gasteiger charge is 2.43. The van der Waals surface area contributed by atoms with Gasteiger partial charge in [0.25, 0.3) is 0 Å². The summed E-state index contributed by atoms with van der Waals surface area (Å²) in [5.74, 6) is 0.722. The molecule has 1 heterocycles. The molecule has 0 radical (unpaired) electrons. The van der Waals surface area contributed by atoms with Crippen LogP contribution in [0.4, 0.5) is 13.2 Å². The first-order valence-corrected chi connectivity index (χ1v) is 11.9. The van der Waals surface area contributed by atoms with Crippen molar-refractivity contribution >= 4 is 10.0 Å². The molecule has 2 aromatic rings. The van der Waals surface area contributed by atoms with Crippen LogP contribution in [0.25, 0.3) is 0 Å². The molecule has 3 nitrogen and oxygen atoms in total. The van der Waals surface area contributed by atoms with Crippen molar-refractivity contribution in [3.05, 3.63) is 65.2 Å². The molecule has 4 rings (SSSR count). The first-order chi connectivity index (χ1) is 14.2. The first kappa shape index (κ1) is 21.4. The van der Waals surface area contributed by atoms with Crippen molar-refractivity contribution in [2.75, 3.05) is 6.54 Å². The van der Waals surface area contributed by atoms with Crippen molar-refractivity contribution in [1.29, 1.82) is 0 Å². The number of nitrogens with zero attached hydrogens (tertiary/aromatic N) is 1. The van der Waals surface area contributed by atoms with Crippen LogP contribution in [-0.2, 0) is 16.2 Å². The summed E-state index contributed by atoms with van der Waals surface area (Å²) in [6, 6.07) is 11.3. The number of halogens is 3. The van der Waals surface area contributed by atoms with Gasteiger partial charge in [0.15, 0.2) is 0 Å². The van der Waals surface area contributed by atoms with Gasteiger partial charge in [0, 0.05) is 6.54 Å². The van der Waals surface area contributed by atoms with E-state index in [-0.39, 0.29) is 4.90 Å². The van der Waals surface area contributed by atoms with Crippen LogP contribution < -0.4 is 0 Å². The number of hydrogen-bond donors (Lipinski definition) is 0. The van der Waals surface area contributed by atoms with Crippen LogP contribution in [-0.4, -0.2) is 19.3 Å². The molecule has 0 spiro atoms. The maximum atomic E-state index is 13.5. The summed E-state index contributed by atoms with van der Waals surface area (Å²) in [5.41, 5.74) is 0.882. The quantitative estimate of drug-likeness (QED) is 0.595. The van der Waals surface area contributed by atoms with E-state index in [1.807, 2.05) is 6.92 Å². The average molecular weight is 438 g/mol. The number of piperidine rings is 1. The average Bonchev–Trinajstić information content (AvgIpc) is 2.72. The standard InChI is InChI=1S/C23H26F3NO2S/c1-16-6-12-21(13-7-16)30(28,29)27-15-19-5-3-2-4-18(19)14-22(27)17-8-10-20(11-9-17)23(24,25)26/h6-13,18-19,22H,2-5,14-15H2,1H3/t18-,19-,22-/m1/s1. The smallest absolute Gasteiger partial charge is 0.207 e. The Hall–Kier alpha value is -1.86. The highest BCUT2D eigenvalue weighted by Crippen LogP contribution is 2.46. The molecule has 0 bridgehead atoms. The molecule has 162 valence electrons. The Labute approximate surface area is 176 Å². The molecule has 2 fully saturated rings. The van der Waals surface area contributed by atoms with Crippen LogP contribution in [0.3, 0.4) is 0 Å². The van der Waals surface area contributed by atoms with Crippen molar-refractivity contribution < 1.29 is 21.6 Å². The highest BCUT2D eigenvalue weighted by atomic mass is 32.2. The number of fused-ring (bicyclic) bond motifs is 1. The summed E-state index contributed by atoms with van der Waals surface area (Å²) in [6.07, 6.45) is 0.537. The zero-order chi connectivity index (χ0) is 21.5. The Bertz CT molecular complexity index is 985. The number of sulfonamides is 1. The van der Waals surface area contributed by atoms with Gasteiger partial charge in [-0.15, -0.1) is 0 Å². The van der Waals surface area contributed by atoms with Gasteiger partial charge in [-0.3, -0.25) is 0 Å². The largest absolute Gasteiger partial charge is 0.416 e. The molecule has 1 aliphatic heterocycles. The zero-order valence-corrected chi connectivity index (χ0v) is 17.7. The van der Waals surface area contributed by atoms with Gasteiger partial charge in [-0.05, 0) is 61.4 Å². The topological polar surface area (TPSA) is 37.4 Å². The van der Waals surface area contributed by atoms with E-state index in [0.29, 0.717) is 30.4 Å². The van der Waals surface area contributed by atoms with Crippen LogP contribution in [0.5, 0.6) is 0 Å². The van der Waals surface area contributed by atoms with Gasteiger partial charge >= 0.3 is 6.18 Å². The SMILES string of the molecule is Cc1ccc(S(=O)(=O)N2C[C@H]3CCCC[C@@H]3C[C@@H]2c2ccc(C(F)(F)F)cc2)cc1. The minimum Gasteiger partial charge on any atom is -0.207 e. The molecule has 2 aromatic carbocycles. The van der Waals surface area contributed by atoms with Crippen LogP contribution in [0, 0.1) is 18.8 Å². The van der Waals surface area contributed by atoms with Crippen LogP contribution >= 0.6 is 0 Å². The van der Waals surface area contributed by atoms with Crippen molar-refractivity contribution in [2.24, 2.45) is 11.8 Å². The lowest BCUT2D eigenvalue weighted by Crippen LogP contribution is -2.46. The number of benzene rings is 2. The normalized spacial score (nSPS) is 25.7. The molecular formula is C23H26F3NO2S. The molecule has 2 aliphatic rings. The van der Waals surface area contributed by atoms with Gasteiger partial charge in [0.05, 0.1) is 16.5 Å². The number of rotatable bonds is 3. The summed E-state index contributed by atoms with van der Waals surface area (Å²) in [6.45, 7) is 2.32. The monoisotopic (exact) mass is 437 g/mol. The van der Waals surface area contributed by atoms with E-state index in [1.165, 1.54) is 16.4 Å². The summed E-state index contributed by atoms with van der Waals surface area (Å²) < 4.78 is 67.6. The summed E-state index contributed by atoms with van der Waals surface area (Å²) in [4.78, 5) is 0.235. The third-order valence-corrected chi connectivity index (χ3v) is 8.49. The van der Waals surface area contributed by atoms with Gasteiger partial charge in [-0.2, -0.15) is 17.5 Å². The van der Waals surface area contributed by atoms with E-state index in [2.05, 4.69) is 0 Å². The fourth-order valence-corrected chi connectivity index (χ4v) is 6.59. The lowest BCUT2D eigenvalue weighted by molar-refractivity contribution is -0.137. The highest BCUT2D eigenvalue weighted by molar-refractivity contribution is 7.89. The maximum Gasteiger partial charge on any atom is 0.416 e. The second kappa shape index (κ2) is 8.00. The molecular weight excluding hydrogens is 411 g/mol. The molecule has 0 aromatic heterocycles. The number of hydrogen-bond acceptors (Lipinski definition) is 2. The van der Waals surface area contributed by atoms with E-state index >= 15 is 0 Å². The van der Waals surface area contributed by atoms with Gasteiger partial charge in [0.1, 0.15) is 0 Å². The third kappa shape index (κ3) is 4.14. The summed E-state index contributed by atoms with van der Waals surface area (Å²) in [5, 5.41) is 0. The second-order valence-corrected chi connectivity index (χ2v) is 10.5. The molecule has 3 atom stereocenters. The summed E-state index contributed by atoms with van der Waals surface area (Å²) >= 11 is 0. The Morgan fingerprint density at radius 2 is 1.50 bits per heavy atom.